The van der Waals surface area contributed by atoms with E-state index >= 15 is 0 Å². The van der Waals surface area contributed by atoms with Crippen molar-refractivity contribution in [3.8, 4) is 0 Å². The average molecular weight is 370 g/mol. The van der Waals surface area contributed by atoms with E-state index in [1.165, 1.54) is 24.0 Å². The molecule has 1 amide bonds. The number of fused-ring (bicyclic) bond motifs is 1. The Morgan fingerprint density at radius 3 is 3.08 bits per heavy atom. The van der Waals surface area contributed by atoms with Crippen LogP contribution in [-0.2, 0) is 5.54 Å². The van der Waals surface area contributed by atoms with E-state index in [1.54, 1.807) is 30.5 Å². The van der Waals surface area contributed by atoms with E-state index in [1.807, 2.05) is 0 Å². The summed E-state index contributed by atoms with van der Waals surface area (Å²) in [5.74, 6) is 0.526. The second kappa shape index (κ2) is 6.72. The minimum absolute atomic E-state index is 0.263. The van der Waals surface area contributed by atoms with E-state index in [9.17, 15) is 9.18 Å². The van der Waals surface area contributed by atoms with Crippen molar-refractivity contribution in [2.24, 2.45) is 16.6 Å². The molecular formula is C19H19FN4OS. The highest BCUT2D eigenvalue weighted by atomic mass is 32.2. The van der Waals surface area contributed by atoms with E-state index in [0.717, 1.165) is 25.0 Å². The maximum Gasteiger partial charge on any atom is 0.257 e. The van der Waals surface area contributed by atoms with Gasteiger partial charge in [0.25, 0.3) is 5.91 Å². The number of thioether (sulfide) groups is 1. The Morgan fingerprint density at radius 1 is 1.38 bits per heavy atom. The van der Waals surface area contributed by atoms with Gasteiger partial charge in [0, 0.05) is 29.4 Å². The van der Waals surface area contributed by atoms with Crippen molar-refractivity contribution in [1.29, 1.82) is 0 Å². The third kappa shape index (κ3) is 2.96. The second-order valence-electron chi connectivity index (χ2n) is 6.66. The van der Waals surface area contributed by atoms with E-state index in [2.05, 4.69) is 15.3 Å². The number of aromatic nitrogens is 1. The zero-order chi connectivity index (χ0) is 18.1. The Kier molecular flexibility index (Phi) is 4.40. The lowest BCUT2D eigenvalue weighted by molar-refractivity contribution is 0.102. The number of hydrogen-bond acceptors (Lipinski definition) is 5. The van der Waals surface area contributed by atoms with Gasteiger partial charge in [-0.15, -0.1) is 0 Å². The molecule has 0 saturated heterocycles. The van der Waals surface area contributed by atoms with Gasteiger partial charge >= 0.3 is 0 Å². The van der Waals surface area contributed by atoms with Gasteiger partial charge in [-0.2, -0.15) is 0 Å². The number of amidine groups is 1. The molecule has 134 valence electrons. The number of hydrogen-bond donors (Lipinski definition) is 2. The van der Waals surface area contributed by atoms with Crippen molar-refractivity contribution >= 4 is 28.5 Å². The molecule has 7 heteroatoms. The van der Waals surface area contributed by atoms with Gasteiger partial charge in [0.2, 0.25) is 0 Å². The van der Waals surface area contributed by atoms with Crippen LogP contribution in [0.1, 0.15) is 35.2 Å². The lowest BCUT2D eigenvalue weighted by Crippen LogP contribution is -2.37. The van der Waals surface area contributed by atoms with Crippen molar-refractivity contribution in [3.05, 3.63) is 59.7 Å². The lowest BCUT2D eigenvalue weighted by atomic mass is 9.81. The molecule has 1 aliphatic heterocycles. The molecule has 1 aliphatic carbocycles. The predicted molar refractivity (Wildman–Crippen MR) is 102 cm³/mol. The van der Waals surface area contributed by atoms with Crippen LogP contribution in [-0.4, -0.2) is 21.8 Å². The summed E-state index contributed by atoms with van der Waals surface area (Å²) in [4.78, 5) is 21.0. The van der Waals surface area contributed by atoms with Gasteiger partial charge < -0.3 is 11.1 Å². The molecule has 1 aromatic carbocycles. The molecule has 2 aliphatic rings. The van der Waals surface area contributed by atoms with E-state index in [-0.39, 0.29) is 17.6 Å². The number of benzene rings is 1. The molecule has 0 radical (unpaired) electrons. The molecule has 2 unspecified atom stereocenters. The predicted octanol–water partition coefficient (Wildman–Crippen LogP) is 3.53. The SMILES string of the molecule is NC1=NC2(c3cc(NC(=O)c4cccnc4)ccc3F)CCCC2CS1. The Bertz CT molecular complexity index is 873. The maximum absolute atomic E-state index is 14.7. The molecule has 1 saturated carbocycles. The van der Waals surface area contributed by atoms with Crippen LogP contribution in [0.3, 0.4) is 0 Å². The lowest BCUT2D eigenvalue weighted by Gasteiger charge is -2.36. The molecule has 2 heterocycles. The first-order valence-corrected chi connectivity index (χ1v) is 9.56. The van der Waals surface area contributed by atoms with Gasteiger partial charge in [-0.3, -0.25) is 14.8 Å². The fraction of sp³-hybridized carbons (Fsp3) is 0.316. The third-order valence-electron chi connectivity index (χ3n) is 5.14. The molecular weight excluding hydrogens is 351 g/mol. The molecule has 0 spiro atoms. The molecule has 5 nitrogen and oxygen atoms in total. The summed E-state index contributed by atoms with van der Waals surface area (Å²) in [6.07, 6.45) is 5.88. The molecule has 2 aromatic rings. The van der Waals surface area contributed by atoms with Gasteiger partial charge in [0.1, 0.15) is 5.82 Å². The minimum Gasteiger partial charge on any atom is -0.379 e. The molecule has 1 fully saturated rings. The number of nitrogens with two attached hydrogens (primary N) is 1. The first kappa shape index (κ1) is 17.0. The van der Waals surface area contributed by atoms with E-state index < -0.39 is 5.54 Å². The monoisotopic (exact) mass is 370 g/mol. The van der Waals surface area contributed by atoms with Crippen LogP contribution in [0.15, 0.2) is 47.7 Å². The van der Waals surface area contributed by atoms with Crippen molar-refractivity contribution in [3.63, 3.8) is 0 Å². The number of rotatable bonds is 3. The summed E-state index contributed by atoms with van der Waals surface area (Å²) in [5.41, 5.74) is 6.87. The number of pyridine rings is 1. The van der Waals surface area contributed by atoms with E-state index in [4.69, 9.17) is 5.73 Å². The number of carbonyl (C=O) groups is 1. The number of halogens is 1. The van der Waals surface area contributed by atoms with Crippen LogP contribution in [0.4, 0.5) is 10.1 Å². The van der Waals surface area contributed by atoms with Crippen LogP contribution in [0, 0.1) is 11.7 Å². The second-order valence-corrected chi connectivity index (χ2v) is 7.71. The summed E-state index contributed by atoms with van der Waals surface area (Å²) < 4.78 is 14.7. The summed E-state index contributed by atoms with van der Waals surface area (Å²) in [5, 5.41) is 3.33. The van der Waals surface area contributed by atoms with Crippen molar-refractivity contribution in [2.45, 2.75) is 24.8 Å². The average Bonchev–Trinajstić information content (AvgIpc) is 3.07. The highest BCUT2D eigenvalue weighted by Gasteiger charge is 2.48. The van der Waals surface area contributed by atoms with Crippen LogP contribution < -0.4 is 11.1 Å². The molecule has 26 heavy (non-hydrogen) atoms. The number of carbonyl (C=O) groups excluding carboxylic acids is 1. The first-order chi connectivity index (χ1) is 12.6. The minimum atomic E-state index is -0.617. The molecule has 4 rings (SSSR count). The van der Waals surface area contributed by atoms with Gasteiger partial charge in [0.05, 0.1) is 11.1 Å². The van der Waals surface area contributed by atoms with Crippen LogP contribution in [0.2, 0.25) is 0 Å². The Labute approximate surface area is 155 Å². The number of nitrogens with zero attached hydrogens (tertiary/aromatic N) is 2. The third-order valence-corrected chi connectivity index (χ3v) is 6.10. The molecule has 2 atom stereocenters. The Balaban J connectivity index is 1.69. The van der Waals surface area contributed by atoms with Crippen molar-refractivity contribution in [1.82, 2.24) is 4.98 Å². The fourth-order valence-electron chi connectivity index (χ4n) is 3.89. The Hall–Kier alpha value is -2.41. The van der Waals surface area contributed by atoms with Gasteiger partial charge in [-0.1, -0.05) is 18.2 Å². The van der Waals surface area contributed by atoms with Gasteiger partial charge in [-0.05, 0) is 49.1 Å². The summed E-state index contributed by atoms with van der Waals surface area (Å²) >= 11 is 1.53. The normalized spacial score (nSPS) is 24.7. The number of nitrogens with one attached hydrogen (secondary N) is 1. The van der Waals surface area contributed by atoms with Crippen LogP contribution >= 0.6 is 11.8 Å². The summed E-state index contributed by atoms with van der Waals surface area (Å²) in [6.45, 7) is 0. The highest BCUT2D eigenvalue weighted by Crippen LogP contribution is 2.51. The zero-order valence-electron chi connectivity index (χ0n) is 14.1. The number of aliphatic imine (C=N–C) groups is 1. The van der Waals surface area contributed by atoms with E-state index in [0.29, 0.717) is 22.0 Å². The molecule has 0 bridgehead atoms. The van der Waals surface area contributed by atoms with Gasteiger partial charge in [0.15, 0.2) is 5.17 Å². The molecule has 3 N–H and O–H groups in total. The fourth-order valence-corrected chi connectivity index (χ4v) is 4.94. The topological polar surface area (TPSA) is 80.4 Å². The van der Waals surface area contributed by atoms with Crippen LogP contribution in [0.25, 0.3) is 0 Å². The largest absolute Gasteiger partial charge is 0.379 e. The Morgan fingerprint density at radius 2 is 2.27 bits per heavy atom. The number of anilines is 1. The summed E-state index contributed by atoms with van der Waals surface area (Å²) in [6, 6.07) is 8.05. The van der Waals surface area contributed by atoms with Crippen molar-refractivity contribution < 1.29 is 9.18 Å². The van der Waals surface area contributed by atoms with Crippen LogP contribution in [0.5, 0.6) is 0 Å². The molecule has 1 aromatic heterocycles. The van der Waals surface area contributed by atoms with Gasteiger partial charge in [-0.25, -0.2) is 4.39 Å². The highest BCUT2D eigenvalue weighted by molar-refractivity contribution is 8.13. The quantitative estimate of drug-likeness (QED) is 0.866. The first-order valence-electron chi connectivity index (χ1n) is 8.58. The van der Waals surface area contributed by atoms with Crippen molar-refractivity contribution in [2.75, 3.05) is 11.1 Å². The number of amides is 1. The summed E-state index contributed by atoms with van der Waals surface area (Å²) in [7, 11) is 0. The zero-order valence-corrected chi connectivity index (χ0v) is 14.9. The smallest absolute Gasteiger partial charge is 0.257 e. The maximum atomic E-state index is 14.7. The standard InChI is InChI=1S/C19H19FN4OS/c20-16-6-5-14(23-17(25)12-3-2-8-22-10-12)9-15(16)19-7-1-4-13(19)11-26-18(21)24-19/h2-3,5-6,8-10,13H,1,4,7,11H2,(H2,21,24)(H,23,25).